The Bertz CT molecular complexity index is 201. The van der Waals surface area contributed by atoms with Gasteiger partial charge >= 0.3 is 0 Å². The highest BCUT2D eigenvalue weighted by Gasteiger charge is 2.22. The Balaban J connectivity index is 2.26. The first-order valence-corrected chi connectivity index (χ1v) is 5.41. The quantitative estimate of drug-likeness (QED) is 0.662. The fraction of sp³-hybridized carbons (Fsp3) is 0.900. The molecule has 0 aromatic carbocycles. The Morgan fingerprint density at radius 3 is 2.47 bits per heavy atom. The molecule has 1 fully saturated rings. The molecule has 1 aliphatic rings. The van der Waals surface area contributed by atoms with E-state index in [1.165, 1.54) is 0 Å². The Morgan fingerprint density at radius 2 is 2.00 bits per heavy atom. The zero-order valence-electron chi connectivity index (χ0n) is 9.61. The monoisotopic (exact) mass is 215 g/mol. The van der Waals surface area contributed by atoms with Crippen LogP contribution < -0.4 is 5.73 Å². The van der Waals surface area contributed by atoms with Gasteiger partial charge in [0.15, 0.2) is 0 Å². The molecule has 88 valence electrons. The average Bonchev–Trinajstić information content (AvgIpc) is 2.26. The zero-order chi connectivity index (χ0) is 11.3. The molecule has 1 unspecified atom stereocenters. The first-order valence-electron chi connectivity index (χ1n) is 5.41. The number of methoxy groups -OCH3 is 1. The molecule has 0 aromatic heterocycles. The first-order chi connectivity index (χ1) is 7.15. The van der Waals surface area contributed by atoms with Gasteiger partial charge in [-0.3, -0.25) is 9.69 Å². The van der Waals surface area contributed by atoms with Gasteiger partial charge in [-0.1, -0.05) is 0 Å². The van der Waals surface area contributed by atoms with E-state index in [-0.39, 0.29) is 11.9 Å². The van der Waals surface area contributed by atoms with Gasteiger partial charge in [-0.25, -0.2) is 0 Å². The summed E-state index contributed by atoms with van der Waals surface area (Å²) in [4.78, 5) is 15.7. The molecule has 1 aliphatic heterocycles. The zero-order valence-corrected chi connectivity index (χ0v) is 9.61. The van der Waals surface area contributed by atoms with Gasteiger partial charge in [0.05, 0.1) is 12.6 Å². The minimum atomic E-state index is -0.379. The van der Waals surface area contributed by atoms with Gasteiger partial charge < -0.3 is 15.4 Å². The Morgan fingerprint density at radius 1 is 1.40 bits per heavy atom. The summed E-state index contributed by atoms with van der Waals surface area (Å²) in [7, 11) is 1.70. The molecule has 0 aliphatic carbocycles. The van der Waals surface area contributed by atoms with E-state index < -0.39 is 0 Å². The minimum absolute atomic E-state index is 0.0568. The number of hydrogen-bond donors (Lipinski definition) is 1. The number of nitrogens with zero attached hydrogens (tertiary/aromatic N) is 2. The number of nitrogens with two attached hydrogens (primary N) is 1. The van der Waals surface area contributed by atoms with Crippen LogP contribution in [0.4, 0.5) is 0 Å². The molecule has 1 heterocycles. The van der Waals surface area contributed by atoms with Gasteiger partial charge in [0.1, 0.15) is 0 Å². The predicted octanol–water partition coefficient (Wildman–Crippen LogP) is -0.876. The van der Waals surface area contributed by atoms with E-state index in [1.807, 2.05) is 4.90 Å². The molecule has 0 aromatic rings. The van der Waals surface area contributed by atoms with Crippen molar-refractivity contribution in [2.24, 2.45) is 5.73 Å². The minimum Gasteiger partial charge on any atom is -0.383 e. The highest BCUT2D eigenvalue weighted by Crippen LogP contribution is 2.02. The van der Waals surface area contributed by atoms with Crippen LogP contribution in [0.2, 0.25) is 0 Å². The topological polar surface area (TPSA) is 58.8 Å². The summed E-state index contributed by atoms with van der Waals surface area (Å²) >= 11 is 0. The number of carbonyl (C=O) groups is 1. The molecule has 0 radical (unpaired) electrons. The summed E-state index contributed by atoms with van der Waals surface area (Å²) in [6.07, 6.45) is 0. The fourth-order valence-corrected chi connectivity index (χ4v) is 1.70. The van der Waals surface area contributed by atoms with Crippen molar-refractivity contribution in [3.05, 3.63) is 0 Å². The summed E-state index contributed by atoms with van der Waals surface area (Å²) in [6, 6.07) is -0.379. The maximum Gasteiger partial charge on any atom is 0.239 e. The smallest absolute Gasteiger partial charge is 0.239 e. The van der Waals surface area contributed by atoms with Crippen LogP contribution in [0.1, 0.15) is 6.92 Å². The van der Waals surface area contributed by atoms with Gasteiger partial charge in [0, 0.05) is 39.8 Å². The largest absolute Gasteiger partial charge is 0.383 e. The van der Waals surface area contributed by atoms with Crippen molar-refractivity contribution in [1.29, 1.82) is 0 Å². The van der Waals surface area contributed by atoms with E-state index in [1.54, 1.807) is 14.0 Å². The van der Waals surface area contributed by atoms with Crippen molar-refractivity contribution in [3.63, 3.8) is 0 Å². The molecule has 1 saturated heterocycles. The van der Waals surface area contributed by atoms with Crippen LogP contribution in [-0.2, 0) is 9.53 Å². The highest BCUT2D eigenvalue weighted by molar-refractivity contribution is 5.81. The van der Waals surface area contributed by atoms with Crippen molar-refractivity contribution in [2.75, 3.05) is 46.4 Å². The normalized spacial score (nSPS) is 20.3. The van der Waals surface area contributed by atoms with E-state index in [0.717, 1.165) is 39.3 Å². The number of piperazine rings is 1. The molecule has 5 nitrogen and oxygen atoms in total. The van der Waals surface area contributed by atoms with Gasteiger partial charge in [0.25, 0.3) is 0 Å². The van der Waals surface area contributed by atoms with Crippen LogP contribution in [0.3, 0.4) is 0 Å². The summed E-state index contributed by atoms with van der Waals surface area (Å²) in [5.74, 6) is 0.0568. The lowest BCUT2D eigenvalue weighted by molar-refractivity contribution is -0.134. The molecule has 5 heteroatoms. The summed E-state index contributed by atoms with van der Waals surface area (Å²) in [5.41, 5.74) is 5.56. The van der Waals surface area contributed by atoms with E-state index in [9.17, 15) is 4.79 Å². The van der Waals surface area contributed by atoms with Crippen LogP contribution in [0, 0.1) is 0 Å². The van der Waals surface area contributed by atoms with Crippen molar-refractivity contribution in [3.8, 4) is 0 Å². The van der Waals surface area contributed by atoms with Crippen LogP contribution in [-0.4, -0.2) is 68.2 Å². The SMILES string of the molecule is COCCN1CCN(C(=O)C(C)N)CC1. The third-order valence-corrected chi connectivity index (χ3v) is 2.69. The van der Waals surface area contributed by atoms with Gasteiger partial charge in [-0.2, -0.15) is 0 Å². The number of hydrogen-bond acceptors (Lipinski definition) is 4. The average molecular weight is 215 g/mol. The number of carbonyl (C=O) groups excluding carboxylic acids is 1. The second-order valence-electron chi connectivity index (χ2n) is 3.95. The van der Waals surface area contributed by atoms with E-state index in [0.29, 0.717) is 0 Å². The number of ether oxygens (including phenoxy) is 1. The fourth-order valence-electron chi connectivity index (χ4n) is 1.70. The van der Waals surface area contributed by atoms with Crippen LogP contribution >= 0.6 is 0 Å². The maximum atomic E-state index is 11.6. The molecular formula is C10H21N3O2. The Kier molecular flexibility index (Phi) is 5.01. The lowest BCUT2D eigenvalue weighted by Crippen LogP contribution is -2.52. The van der Waals surface area contributed by atoms with Crippen molar-refractivity contribution < 1.29 is 9.53 Å². The predicted molar refractivity (Wildman–Crippen MR) is 58.5 cm³/mol. The second kappa shape index (κ2) is 6.05. The summed E-state index contributed by atoms with van der Waals surface area (Å²) in [5, 5.41) is 0. The van der Waals surface area contributed by atoms with E-state index >= 15 is 0 Å². The third kappa shape index (κ3) is 3.77. The van der Waals surface area contributed by atoms with Crippen molar-refractivity contribution >= 4 is 5.91 Å². The maximum absolute atomic E-state index is 11.6. The summed E-state index contributed by atoms with van der Waals surface area (Å²) < 4.78 is 5.01. The van der Waals surface area contributed by atoms with Gasteiger partial charge in [-0.05, 0) is 6.92 Å². The number of rotatable bonds is 4. The molecule has 0 saturated carbocycles. The number of amides is 1. The Labute approximate surface area is 91.2 Å². The van der Waals surface area contributed by atoms with Crippen molar-refractivity contribution in [1.82, 2.24) is 9.80 Å². The molecule has 15 heavy (non-hydrogen) atoms. The van der Waals surface area contributed by atoms with Crippen molar-refractivity contribution in [2.45, 2.75) is 13.0 Å². The molecule has 0 bridgehead atoms. The first kappa shape index (κ1) is 12.4. The standard InChI is InChI=1S/C10H21N3O2/c1-9(11)10(14)13-5-3-12(4-6-13)7-8-15-2/h9H,3-8,11H2,1-2H3. The van der Waals surface area contributed by atoms with Crippen LogP contribution in [0.15, 0.2) is 0 Å². The Hall–Kier alpha value is -0.650. The molecule has 1 atom stereocenters. The lowest BCUT2D eigenvalue weighted by atomic mass is 10.2. The van der Waals surface area contributed by atoms with Gasteiger partial charge in [-0.15, -0.1) is 0 Å². The molecule has 1 amide bonds. The van der Waals surface area contributed by atoms with E-state index in [4.69, 9.17) is 10.5 Å². The van der Waals surface area contributed by atoms with Gasteiger partial charge in [0.2, 0.25) is 5.91 Å². The molecule has 2 N–H and O–H groups in total. The lowest BCUT2D eigenvalue weighted by Gasteiger charge is -2.35. The highest BCUT2D eigenvalue weighted by atomic mass is 16.5. The summed E-state index contributed by atoms with van der Waals surface area (Å²) in [6.45, 7) is 6.83. The third-order valence-electron chi connectivity index (χ3n) is 2.69. The van der Waals surface area contributed by atoms with Crippen LogP contribution in [0.5, 0.6) is 0 Å². The van der Waals surface area contributed by atoms with E-state index in [2.05, 4.69) is 4.90 Å². The molecule has 0 spiro atoms. The van der Waals surface area contributed by atoms with Crippen LogP contribution in [0.25, 0.3) is 0 Å². The molecular weight excluding hydrogens is 194 g/mol. The second-order valence-corrected chi connectivity index (χ2v) is 3.95. The molecule has 1 rings (SSSR count).